The second kappa shape index (κ2) is 11.9. The Bertz CT molecular complexity index is 1390. The van der Waals surface area contributed by atoms with Gasteiger partial charge in [0.15, 0.2) is 0 Å². The molecule has 5 rings (SSSR count). The Kier molecular flexibility index (Phi) is 8.20. The van der Waals surface area contributed by atoms with Crippen LogP contribution >= 0.6 is 11.8 Å². The number of nitrogens with zero attached hydrogens (tertiary/aromatic N) is 2. The molecule has 6 heteroatoms. The number of nitrogens with one attached hydrogen (secondary N) is 1. The second-order valence-electron chi connectivity index (χ2n) is 9.68. The Hall–Kier alpha value is -3.48. The lowest BCUT2D eigenvalue weighted by Crippen LogP contribution is -2.37. The molecule has 4 aromatic rings. The van der Waals surface area contributed by atoms with Crippen LogP contribution in [0.4, 0.5) is 17.1 Å². The van der Waals surface area contributed by atoms with Gasteiger partial charge in [0, 0.05) is 52.7 Å². The predicted octanol–water partition coefficient (Wildman–Crippen LogP) is 8.20. The first kappa shape index (κ1) is 26.1. The lowest BCUT2D eigenvalue weighted by Gasteiger charge is -2.36. The molecule has 5 nitrogen and oxygen atoms in total. The molecule has 1 atom stereocenters. The van der Waals surface area contributed by atoms with Gasteiger partial charge in [0.1, 0.15) is 0 Å². The summed E-state index contributed by atoms with van der Waals surface area (Å²) in [5.74, 6) is -0.0655. The minimum absolute atomic E-state index is 0.0655. The van der Waals surface area contributed by atoms with Crippen LogP contribution < -0.4 is 10.2 Å². The molecule has 0 fully saturated rings. The van der Waals surface area contributed by atoms with E-state index in [4.69, 9.17) is 4.42 Å². The smallest absolute Gasteiger partial charge is 0.221 e. The quantitative estimate of drug-likeness (QED) is 0.226. The summed E-state index contributed by atoms with van der Waals surface area (Å²) in [6.45, 7) is 8.93. The number of carbonyl (C=O) groups excluding carboxylic acids is 1. The third-order valence-electron chi connectivity index (χ3n) is 7.22. The minimum Gasteiger partial charge on any atom is -0.472 e. The third-order valence-corrected chi connectivity index (χ3v) is 8.33. The van der Waals surface area contributed by atoms with Gasteiger partial charge in [0.2, 0.25) is 5.91 Å². The van der Waals surface area contributed by atoms with Crippen molar-refractivity contribution in [1.82, 2.24) is 4.90 Å². The minimum atomic E-state index is -0.0655. The SMILES string of the molecule is CCC(CCN1c2ccccc2Sc2cc(-c3ccccc3NC(C)=O)ccc21)N(CC)Cc1ccoc1. The molecular weight excluding hydrogens is 490 g/mol. The second-order valence-corrected chi connectivity index (χ2v) is 10.8. The molecule has 0 saturated carbocycles. The molecule has 196 valence electrons. The van der Waals surface area contributed by atoms with Gasteiger partial charge in [-0.1, -0.05) is 62.0 Å². The molecule has 1 aliphatic rings. The number of carbonyl (C=O) groups is 1. The molecule has 0 spiro atoms. The molecule has 0 radical (unpaired) electrons. The van der Waals surface area contributed by atoms with Crippen LogP contribution in [0.2, 0.25) is 0 Å². The fourth-order valence-electron chi connectivity index (χ4n) is 5.31. The van der Waals surface area contributed by atoms with Gasteiger partial charge in [-0.2, -0.15) is 0 Å². The highest BCUT2D eigenvalue weighted by atomic mass is 32.2. The first-order valence-electron chi connectivity index (χ1n) is 13.4. The number of para-hydroxylation sites is 2. The topological polar surface area (TPSA) is 48.7 Å². The zero-order valence-corrected chi connectivity index (χ0v) is 23.1. The van der Waals surface area contributed by atoms with E-state index in [1.807, 2.05) is 36.2 Å². The molecule has 38 heavy (non-hydrogen) atoms. The monoisotopic (exact) mass is 525 g/mol. The summed E-state index contributed by atoms with van der Waals surface area (Å²) in [5.41, 5.74) is 6.69. The van der Waals surface area contributed by atoms with E-state index in [0.29, 0.717) is 6.04 Å². The Balaban J connectivity index is 1.43. The zero-order chi connectivity index (χ0) is 26.5. The van der Waals surface area contributed by atoms with Crippen LogP contribution in [0.1, 0.15) is 39.2 Å². The highest BCUT2D eigenvalue weighted by Crippen LogP contribution is 2.49. The van der Waals surface area contributed by atoms with Crippen LogP contribution in [0, 0.1) is 0 Å². The molecule has 1 unspecified atom stereocenters. The van der Waals surface area contributed by atoms with E-state index >= 15 is 0 Å². The molecular formula is C32H35N3O2S. The van der Waals surface area contributed by atoms with E-state index in [9.17, 15) is 4.79 Å². The Morgan fingerprint density at radius 1 is 1.00 bits per heavy atom. The van der Waals surface area contributed by atoms with Gasteiger partial charge in [-0.05, 0) is 61.3 Å². The van der Waals surface area contributed by atoms with Crippen molar-refractivity contribution in [2.24, 2.45) is 0 Å². The number of amides is 1. The number of rotatable bonds is 10. The molecule has 1 aliphatic heterocycles. The number of hydrogen-bond acceptors (Lipinski definition) is 5. The molecule has 0 saturated heterocycles. The van der Waals surface area contributed by atoms with E-state index in [0.717, 1.165) is 49.3 Å². The largest absolute Gasteiger partial charge is 0.472 e. The average molecular weight is 526 g/mol. The maximum atomic E-state index is 11.8. The van der Waals surface area contributed by atoms with Crippen molar-refractivity contribution in [3.05, 3.63) is 90.9 Å². The van der Waals surface area contributed by atoms with E-state index in [1.54, 1.807) is 13.2 Å². The molecule has 0 aliphatic carbocycles. The Morgan fingerprint density at radius 2 is 1.79 bits per heavy atom. The highest BCUT2D eigenvalue weighted by Gasteiger charge is 2.25. The summed E-state index contributed by atoms with van der Waals surface area (Å²) < 4.78 is 5.32. The standard InChI is InChI=1S/C32H35N3O2S/c1-4-26(34(5-2)21-24-17-19-37-22-24)16-18-35-29-12-8-9-13-31(29)38-32-20-25(14-15-30(32)35)27-10-6-7-11-28(27)33-23(3)36/h6-15,17,19-20,22,26H,4-5,16,18,21H2,1-3H3,(H,33,36). The van der Waals surface area contributed by atoms with Gasteiger partial charge >= 0.3 is 0 Å². The Labute approximate surface area is 229 Å². The van der Waals surface area contributed by atoms with Crippen LogP contribution in [0.5, 0.6) is 0 Å². The van der Waals surface area contributed by atoms with Crippen molar-refractivity contribution in [2.75, 3.05) is 23.3 Å². The average Bonchev–Trinajstić information content (AvgIpc) is 3.45. The molecule has 1 N–H and O–H groups in total. The Morgan fingerprint density at radius 3 is 2.55 bits per heavy atom. The number of hydrogen-bond donors (Lipinski definition) is 1. The summed E-state index contributed by atoms with van der Waals surface area (Å²) in [6.07, 6.45) is 5.77. The van der Waals surface area contributed by atoms with Crippen molar-refractivity contribution in [2.45, 2.75) is 56.0 Å². The maximum Gasteiger partial charge on any atom is 0.221 e. The lowest BCUT2D eigenvalue weighted by atomic mass is 10.0. The summed E-state index contributed by atoms with van der Waals surface area (Å²) in [4.78, 5) is 19.3. The third kappa shape index (κ3) is 5.66. The van der Waals surface area contributed by atoms with E-state index in [-0.39, 0.29) is 5.91 Å². The molecule has 1 aromatic heterocycles. The number of furan rings is 1. The lowest BCUT2D eigenvalue weighted by molar-refractivity contribution is -0.114. The van der Waals surface area contributed by atoms with E-state index < -0.39 is 0 Å². The van der Waals surface area contributed by atoms with E-state index in [1.165, 1.54) is 26.7 Å². The van der Waals surface area contributed by atoms with Crippen molar-refractivity contribution in [1.29, 1.82) is 0 Å². The van der Waals surface area contributed by atoms with Gasteiger partial charge in [0.25, 0.3) is 0 Å². The number of anilines is 3. The first-order valence-corrected chi connectivity index (χ1v) is 14.2. The fourth-order valence-corrected chi connectivity index (χ4v) is 6.45. The number of benzene rings is 3. The normalized spacial score (nSPS) is 13.2. The molecule has 2 heterocycles. The zero-order valence-electron chi connectivity index (χ0n) is 22.3. The van der Waals surface area contributed by atoms with Gasteiger partial charge in [0.05, 0.1) is 23.9 Å². The number of fused-ring (bicyclic) bond motifs is 2. The van der Waals surface area contributed by atoms with Crippen LogP contribution in [0.3, 0.4) is 0 Å². The highest BCUT2D eigenvalue weighted by molar-refractivity contribution is 7.99. The van der Waals surface area contributed by atoms with Gasteiger partial charge in [-0.25, -0.2) is 0 Å². The summed E-state index contributed by atoms with van der Waals surface area (Å²) in [6, 6.07) is 25.9. The van der Waals surface area contributed by atoms with Gasteiger partial charge in [-0.3, -0.25) is 9.69 Å². The summed E-state index contributed by atoms with van der Waals surface area (Å²) >= 11 is 1.82. The predicted molar refractivity (Wildman–Crippen MR) is 157 cm³/mol. The van der Waals surface area contributed by atoms with Gasteiger partial charge in [-0.15, -0.1) is 0 Å². The van der Waals surface area contributed by atoms with Crippen molar-refractivity contribution in [3.63, 3.8) is 0 Å². The van der Waals surface area contributed by atoms with Crippen molar-refractivity contribution >= 4 is 34.7 Å². The van der Waals surface area contributed by atoms with Crippen LogP contribution in [-0.2, 0) is 11.3 Å². The van der Waals surface area contributed by atoms with Crippen molar-refractivity contribution < 1.29 is 9.21 Å². The first-order chi connectivity index (χ1) is 18.6. The van der Waals surface area contributed by atoms with Crippen LogP contribution in [0.25, 0.3) is 11.1 Å². The summed E-state index contributed by atoms with van der Waals surface area (Å²) in [5, 5.41) is 2.98. The molecule has 0 bridgehead atoms. The summed E-state index contributed by atoms with van der Waals surface area (Å²) in [7, 11) is 0. The molecule has 1 amide bonds. The molecule has 3 aromatic carbocycles. The fraction of sp³-hybridized carbons (Fsp3) is 0.281. The van der Waals surface area contributed by atoms with Crippen LogP contribution in [-0.4, -0.2) is 29.9 Å². The van der Waals surface area contributed by atoms with Crippen molar-refractivity contribution in [3.8, 4) is 11.1 Å². The van der Waals surface area contributed by atoms with E-state index in [2.05, 4.69) is 83.6 Å². The maximum absolute atomic E-state index is 11.8. The van der Waals surface area contributed by atoms with Gasteiger partial charge < -0.3 is 14.6 Å². The van der Waals surface area contributed by atoms with Crippen LogP contribution in [0.15, 0.2) is 99.5 Å².